The van der Waals surface area contributed by atoms with Gasteiger partial charge < -0.3 is 19.5 Å². The Hall–Kier alpha value is -0.520. The molecule has 1 aromatic carbocycles. The summed E-state index contributed by atoms with van der Waals surface area (Å²) in [5, 5.41) is 4.18. The molecule has 0 unspecified atom stereocenters. The van der Waals surface area contributed by atoms with Gasteiger partial charge in [0.05, 0.1) is 11.6 Å². The molecule has 1 N–H and O–H groups in total. The zero-order chi connectivity index (χ0) is 14.8. The third kappa shape index (κ3) is 6.29. The van der Waals surface area contributed by atoms with Crippen molar-refractivity contribution < 1.29 is 14.2 Å². The van der Waals surface area contributed by atoms with Gasteiger partial charge >= 0.3 is 0 Å². The number of hydrogen-bond acceptors (Lipinski definition) is 4. The molecule has 0 radical (unpaired) electrons. The van der Waals surface area contributed by atoms with Crippen molar-refractivity contribution in [3.8, 4) is 5.75 Å². The van der Waals surface area contributed by atoms with Crippen LogP contribution < -0.4 is 10.1 Å². The quantitative estimate of drug-likeness (QED) is 0.672. The summed E-state index contributed by atoms with van der Waals surface area (Å²) in [7, 11) is 3.53. The van der Waals surface area contributed by atoms with Crippen LogP contribution in [0, 0.1) is 0 Å². The summed E-state index contributed by atoms with van der Waals surface area (Å²) < 4.78 is 16.1. The summed E-state index contributed by atoms with van der Waals surface area (Å²) in [5.74, 6) is 0.658. The molecule has 0 amide bonds. The molecule has 0 bridgehead atoms. The Morgan fingerprint density at radius 2 is 1.90 bits per heavy atom. The fraction of sp³-hybridized carbons (Fsp3) is 0.571. The Kier molecular flexibility index (Phi) is 8.98. The van der Waals surface area contributed by atoms with Gasteiger partial charge in [0, 0.05) is 37.5 Å². The molecule has 0 fully saturated rings. The number of ether oxygens (including phenoxy) is 3. The van der Waals surface area contributed by atoms with Crippen molar-refractivity contribution in [3.05, 3.63) is 27.7 Å². The Balaban J connectivity index is 2.42. The first kappa shape index (κ1) is 17.5. The van der Waals surface area contributed by atoms with Gasteiger partial charge in [0.15, 0.2) is 0 Å². The van der Waals surface area contributed by atoms with Crippen LogP contribution in [-0.2, 0) is 16.0 Å². The van der Waals surface area contributed by atoms with E-state index in [1.54, 1.807) is 13.2 Å². The van der Waals surface area contributed by atoms with Crippen LogP contribution in [0.1, 0.15) is 12.0 Å². The Morgan fingerprint density at radius 1 is 1.10 bits per heavy atom. The molecule has 20 heavy (non-hydrogen) atoms. The van der Waals surface area contributed by atoms with Crippen LogP contribution in [0.3, 0.4) is 0 Å². The van der Waals surface area contributed by atoms with Crippen molar-refractivity contribution in [2.24, 2.45) is 0 Å². The van der Waals surface area contributed by atoms with Gasteiger partial charge in [-0.1, -0.05) is 23.2 Å². The molecule has 0 aliphatic heterocycles. The third-order valence-corrected chi connectivity index (χ3v) is 3.06. The van der Waals surface area contributed by atoms with E-state index in [9.17, 15) is 0 Å². The van der Waals surface area contributed by atoms with E-state index in [-0.39, 0.29) is 0 Å². The highest BCUT2D eigenvalue weighted by molar-refractivity contribution is 6.35. The van der Waals surface area contributed by atoms with Crippen LogP contribution in [-0.4, -0.2) is 40.6 Å². The number of nitrogens with one attached hydrogen (secondary N) is 1. The summed E-state index contributed by atoms with van der Waals surface area (Å²) in [4.78, 5) is 0. The van der Waals surface area contributed by atoms with E-state index >= 15 is 0 Å². The van der Waals surface area contributed by atoms with Gasteiger partial charge in [-0.2, -0.15) is 0 Å². The van der Waals surface area contributed by atoms with Gasteiger partial charge in [-0.15, -0.1) is 0 Å². The van der Waals surface area contributed by atoms with Crippen LogP contribution in [0.4, 0.5) is 0 Å². The minimum Gasteiger partial charge on any atom is -0.489 e. The second-order valence-electron chi connectivity index (χ2n) is 4.21. The summed E-state index contributed by atoms with van der Waals surface area (Å²) >= 11 is 12.1. The predicted molar refractivity (Wildman–Crippen MR) is 82.0 cm³/mol. The lowest BCUT2D eigenvalue weighted by Gasteiger charge is -2.14. The predicted octanol–water partition coefficient (Wildman–Crippen LogP) is 3.14. The normalized spacial score (nSPS) is 10.8. The Labute approximate surface area is 130 Å². The van der Waals surface area contributed by atoms with E-state index in [4.69, 9.17) is 37.4 Å². The van der Waals surface area contributed by atoms with Gasteiger partial charge in [-0.05, 0) is 25.6 Å². The second kappa shape index (κ2) is 10.2. The SMILES string of the molecule is CNCc1cc(Cl)cc(Cl)c1OCCOCCCOC. The van der Waals surface area contributed by atoms with E-state index < -0.39 is 0 Å². The van der Waals surface area contributed by atoms with Gasteiger partial charge in [-0.3, -0.25) is 0 Å². The minimum atomic E-state index is 0.449. The number of halogens is 2. The molecule has 0 atom stereocenters. The van der Waals surface area contributed by atoms with E-state index in [0.717, 1.165) is 12.0 Å². The van der Waals surface area contributed by atoms with E-state index in [2.05, 4.69) is 5.32 Å². The van der Waals surface area contributed by atoms with Crippen molar-refractivity contribution >= 4 is 23.2 Å². The van der Waals surface area contributed by atoms with Crippen LogP contribution >= 0.6 is 23.2 Å². The lowest BCUT2D eigenvalue weighted by molar-refractivity contribution is 0.0804. The third-order valence-electron chi connectivity index (χ3n) is 2.56. The number of methoxy groups -OCH3 is 1. The molecule has 0 saturated carbocycles. The lowest BCUT2D eigenvalue weighted by Crippen LogP contribution is -2.12. The summed E-state index contributed by atoms with van der Waals surface area (Å²) in [6.45, 7) is 2.97. The van der Waals surface area contributed by atoms with E-state index in [1.165, 1.54) is 0 Å². The first-order chi connectivity index (χ1) is 9.69. The molecule has 6 heteroatoms. The van der Waals surface area contributed by atoms with Crippen molar-refractivity contribution in [1.29, 1.82) is 0 Å². The fourth-order valence-electron chi connectivity index (χ4n) is 1.71. The highest BCUT2D eigenvalue weighted by atomic mass is 35.5. The molecule has 114 valence electrons. The highest BCUT2D eigenvalue weighted by Gasteiger charge is 2.10. The molecule has 0 aliphatic rings. The van der Waals surface area contributed by atoms with Crippen molar-refractivity contribution in [1.82, 2.24) is 5.32 Å². The lowest BCUT2D eigenvalue weighted by atomic mass is 10.2. The topological polar surface area (TPSA) is 39.7 Å². The molecule has 0 spiro atoms. The van der Waals surface area contributed by atoms with Crippen molar-refractivity contribution in [2.75, 3.05) is 40.6 Å². The molecular formula is C14H21Cl2NO3. The Morgan fingerprint density at radius 3 is 2.60 bits per heavy atom. The summed E-state index contributed by atoms with van der Waals surface area (Å²) in [6, 6.07) is 3.52. The Bertz CT molecular complexity index is 402. The maximum atomic E-state index is 6.16. The fourth-order valence-corrected chi connectivity index (χ4v) is 2.30. The number of rotatable bonds is 10. The van der Waals surface area contributed by atoms with Crippen LogP contribution in [0.5, 0.6) is 5.75 Å². The molecule has 0 aromatic heterocycles. The zero-order valence-electron chi connectivity index (χ0n) is 11.9. The monoisotopic (exact) mass is 321 g/mol. The van der Waals surface area contributed by atoms with Crippen LogP contribution in [0.2, 0.25) is 10.0 Å². The first-order valence-electron chi connectivity index (χ1n) is 6.51. The van der Waals surface area contributed by atoms with Gasteiger partial charge in [-0.25, -0.2) is 0 Å². The van der Waals surface area contributed by atoms with Gasteiger partial charge in [0.25, 0.3) is 0 Å². The van der Waals surface area contributed by atoms with Gasteiger partial charge in [0.2, 0.25) is 0 Å². The number of benzene rings is 1. The number of hydrogen-bond donors (Lipinski definition) is 1. The van der Waals surface area contributed by atoms with E-state index in [1.807, 2.05) is 13.1 Å². The minimum absolute atomic E-state index is 0.449. The molecule has 0 heterocycles. The maximum Gasteiger partial charge on any atom is 0.142 e. The summed E-state index contributed by atoms with van der Waals surface area (Å²) in [6.07, 6.45) is 0.878. The average Bonchev–Trinajstić information content (AvgIpc) is 2.40. The molecular weight excluding hydrogens is 301 g/mol. The molecule has 1 rings (SSSR count). The second-order valence-corrected chi connectivity index (χ2v) is 5.06. The molecule has 1 aromatic rings. The van der Waals surface area contributed by atoms with E-state index in [0.29, 0.717) is 48.8 Å². The largest absolute Gasteiger partial charge is 0.489 e. The highest BCUT2D eigenvalue weighted by Crippen LogP contribution is 2.32. The van der Waals surface area contributed by atoms with Gasteiger partial charge in [0.1, 0.15) is 12.4 Å². The van der Waals surface area contributed by atoms with Crippen LogP contribution in [0.25, 0.3) is 0 Å². The molecule has 0 saturated heterocycles. The maximum absolute atomic E-state index is 6.16. The first-order valence-corrected chi connectivity index (χ1v) is 7.26. The smallest absolute Gasteiger partial charge is 0.142 e. The zero-order valence-corrected chi connectivity index (χ0v) is 13.4. The summed E-state index contributed by atoms with van der Waals surface area (Å²) in [5.41, 5.74) is 0.935. The molecule has 0 aliphatic carbocycles. The average molecular weight is 322 g/mol. The molecule has 4 nitrogen and oxygen atoms in total. The van der Waals surface area contributed by atoms with Crippen LogP contribution in [0.15, 0.2) is 12.1 Å². The van der Waals surface area contributed by atoms with Crippen molar-refractivity contribution in [3.63, 3.8) is 0 Å². The van der Waals surface area contributed by atoms with Crippen molar-refractivity contribution in [2.45, 2.75) is 13.0 Å². The standard InChI is InChI=1S/C14H21Cl2NO3/c1-17-10-11-8-12(15)9-13(16)14(11)20-7-6-19-5-3-4-18-2/h8-9,17H,3-7,10H2,1-2H3.